The monoisotopic (exact) mass is 284 g/mol. The summed E-state index contributed by atoms with van der Waals surface area (Å²) in [6.45, 7) is 2.70. The maximum atomic E-state index is 12.9. The Balaban J connectivity index is 2.23. The first kappa shape index (κ1) is 14.7. The lowest BCUT2D eigenvalue weighted by atomic mass is 9.95. The van der Waals surface area contributed by atoms with Gasteiger partial charge in [-0.3, -0.25) is 9.59 Å². The molecular formula is C14H24N2O2S. The van der Waals surface area contributed by atoms with E-state index >= 15 is 0 Å². The van der Waals surface area contributed by atoms with Crippen molar-refractivity contribution in [1.82, 2.24) is 10.2 Å². The van der Waals surface area contributed by atoms with Gasteiger partial charge in [0.25, 0.3) is 0 Å². The molecule has 0 aromatic carbocycles. The topological polar surface area (TPSA) is 49.4 Å². The van der Waals surface area contributed by atoms with Gasteiger partial charge in [0.05, 0.1) is 0 Å². The SMILES string of the molecule is CCC(CSC)N1CCC(=O)NC2(CCCC2)C1=O. The zero-order chi connectivity index (χ0) is 13.9. The summed E-state index contributed by atoms with van der Waals surface area (Å²) >= 11 is 1.77. The average molecular weight is 284 g/mol. The smallest absolute Gasteiger partial charge is 0.248 e. The third-order valence-corrected chi connectivity index (χ3v) is 5.07. The minimum Gasteiger partial charge on any atom is -0.342 e. The normalized spacial score (nSPS) is 24.4. The fourth-order valence-corrected chi connectivity index (χ4v) is 4.07. The lowest BCUT2D eigenvalue weighted by Crippen LogP contribution is -2.57. The van der Waals surface area contributed by atoms with E-state index in [1.54, 1.807) is 11.8 Å². The largest absolute Gasteiger partial charge is 0.342 e. The van der Waals surface area contributed by atoms with Gasteiger partial charge in [-0.15, -0.1) is 0 Å². The molecule has 1 saturated carbocycles. The molecule has 5 heteroatoms. The van der Waals surface area contributed by atoms with Crippen LogP contribution in [0.25, 0.3) is 0 Å². The number of rotatable bonds is 4. The molecule has 0 aromatic rings. The summed E-state index contributed by atoms with van der Waals surface area (Å²) < 4.78 is 0. The molecule has 1 aliphatic carbocycles. The Morgan fingerprint density at radius 1 is 1.37 bits per heavy atom. The molecule has 19 heavy (non-hydrogen) atoms. The highest BCUT2D eigenvalue weighted by atomic mass is 32.2. The molecule has 2 aliphatic rings. The van der Waals surface area contributed by atoms with E-state index < -0.39 is 5.54 Å². The van der Waals surface area contributed by atoms with Crippen LogP contribution in [0.1, 0.15) is 45.4 Å². The van der Waals surface area contributed by atoms with Crippen LogP contribution >= 0.6 is 11.8 Å². The molecule has 0 radical (unpaired) electrons. The summed E-state index contributed by atoms with van der Waals surface area (Å²) in [5.41, 5.74) is -0.584. The van der Waals surface area contributed by atoms with Crippen molar-refractivity contribution in [2.75, 3.05) is 18.6 Å². The molecule has 1 spiro atoms. The Morgan fingerprint density at radius 3 is 2.63 bits per heavy atom. The second kappa shape index (κ2) is 6.16. The van der Waals surface area contributed by atoms with E-state index in [9.17, 15) is 9.59 Å². The molecular weight excluding hydrogens is 260 g/mol. The molecule has 4 nitrogen and oxygen atoms in total. The molecule has 1 unspecified atom stereocenters. The number of thioether (sulfide) groups is 1. The van der Waals surface area contributed by atoms with E-state index in [0.717, 1.165) is 37.9 Å². The number of carbonyl (C=O) groups is 2. The molecule has 108 valence electrons. The van der Waals surface area contributed by atoms with Gasteiger partial charge in [0.15, 0.2) is 0 Å². The third-order valence-electron chi connectivity index (χ3n) is 4.36. The molecule has 2 fully saturated rings. The van der Waals surface area contributed by atoms with Crippen molar-refractivity contribution in [2.45, 2.75) is 57.0 Å². The zero-order valence-corrected chi connectivity index (χ0v) is 12.7. The van der Waals surface area contributed by atoms with Gasteiger partial charge in [-0.1, -0.05) is 19.8 Å². The van der Waals surface area contributed by atoms with E-state index in [1.807, 2.05) is 4.90 Å². The van der Waals surface area contributed by atoms with Crippen molar-refractivity contribution >= 4 is 23.6 Å². The fourth-order valence-electron chi connectivity index (χ4n) is 3.27. The highest BCUT2D eigenvalue weighted by Gasteiger charge is 2.47. The van der Waals surface area contributed by atoms with Crippen LogP contribution in [-0.4, -0.2) is 46.8 Å². The van der Waals surface area contributed by atoms with Crippen LogP contribution in [-0.2, 0) is 9.59 Å². The van der Waals surface area contributed by atoms with Crippen molar-refractivity contribution in [1.29, 1.82) is 0 Å². The van der Waals surface area contributed by atoms with Gasteiger partial charge >= 0.3 is 0 Å². The van der Waals surface area contributed by atoms with Crippen molar-refractivity contribution in [2.24, 2.45) is 0 Å². The van der Waals surface area contributed by atoms with E-state index in [-0.39, 0.29) is 17.9 Å². The fraction of sp³-hybridized carbons (Fsp3) is 0.857. The number of amides is 2. The molecule has 1 atom stereocenters. The number of hydrogen-bond donors (Lipinski definition) is 1. The Kier molecular flexibility index (Phi) is 4.76. The predicted octanol–water partition coefficient (Wildman–Crippen LogP) is 1.79. The Hall–Kier alpha value is -0.710. The first-order valence-corrected chi connectivity index (χ1v) is 8.63. The first-order chi connectivity index (χ1) is 9.13. The Bertz CT molecular complexity index is 353. The van der Waals surface area contributed by atoms with Gasteiger partial charge in [-0.25, -0.2) is 0 Å². The van der Waals surface area contributed by atoms with Crippen molar-refractivity contribution < 1.29 is 9.59 Å². The van der Waals surface area contributed by atoms with Gasteiger partial charge in [-0.05, 0) is 25.5 Å². The van der Waals surface area contributed by atoms with E-state index in [1.165, 1.54) is 0 Å². The minimum atomic E-state index is -0.584. The molecule has 0 bridgehead atoms. The van der Waals surface area contributed by atoms with Gasteiger partial charge in [0.2, 0.25) is 11.8 Å². The summed E-state index contributed by atoms with van der Waals surface area (Å²) in [5, 5.41) is 3.02. The molecule has 2 rings (SSSR count). The molecule has 0 aromatic heterocycles. The van der Waals surface area contributed by atoms with E-state index in [2.05, 4.69) is 18.5 Å². The molecule has 1 saturated heterocycles. The standard InChI is InChI=1S/C14H24N2O2S/c1-3-11(10-19-2)16-9-6-12(17)15-14(13(16)18)7-4-5-8-14/h11H,3-10H2,1-2H3,(H,15,17). The van der Waals surface area contributed by atoms with Crippen LogP contribution in [0.15, 0.2) is 0 Å². The Labute approximate surface area is 119 Å². The number of nitrogens with one attached hydrogen (secondary N) is 1. The maximum absolute atomic E-state index is 12.9. The van der Waals surface area contributed by atoms with Crippen LogP contribution in [0, 0.1) is 0 Å². The molecule has 1 aliphatic heterocycles. The van der Waals surface area contributed by atoms with Gasteiger partial charge in [0, 0.05) is 24.8 Å². The third kappa shape index (κ3) is 2.91. The molecule has 1 heterocycles. The average Bonchev–Trinajstić information content (AvgIpc) is 2.82. The highest BCUT2D eigenvalue weighted by molar-refractivity contribution is 7.98. The van der Waals surface area contributed by atoms with Crippen molar-refractivity contribution in [3.8, 4) is 0 Å². The lowest BCUT2D eigenvalue weighted by Gasteiger charge is -2.36. The molecule has 2 amide bonds. The summed E-state index contributed by atoms with van der Waals surface area (Å²) in [7, 11) is 0. The quantitative estimate of drug-likeness (QED) is 0.856. The second-order valence-electron chi connectivity index (χ2n) is 5.60. The van der Waals surface area contributed by atoms with E-state index in [4.69, 9.17) is 0 Å². The summed E-state index contributed by atoms with van der Waals surface area (Å²) in [6, 6.07) is 0.257. The van der Waals surface area contributed by atoms with Gasteiger partial charge < -0.3 is 10.2 Å². The van der Waals surface area contributed by atoms with Crippen LogP contribution in [0.2, 0.25) is 0 Å². The summed E-state index contributed by atoms with van der Waals surface area (Å²) in [4.78, 5) is 26.8. The number of nitrogens with zero attached hydrogens (tertiary/aromatic N) is 1. The van der Waals surface area contributed by atoms with Crippen LogP contribution in [0.3, 0.4) is 0 Å². The van der Waals surface area contributed by atoms with Crippen LogP contribution < -0.4 is 5.32 Å². The Morgan fingerprint density at radius 2 is 2.05 bits per heavy atom. The van der Waals surface area contributed by atoms with E-state index in [0.29, 0.717) is 13.0 Å². The molecule has 1 N–H and O–H groups in total. The lowest BCUT2D eigenvalue weighted by molar-refractivity contribution is -0.140. The summed E-state index contributed by atoms with van der Waals surface area (Å²) in [5.74, 6) is 1.15. The number of hydrogen-bond acceptors (Lipinski definition) is 3. The minimum absolute atomic E-state index is 0.0387. The van der Waals surface area contributed by atoms with Crippen molar-refractivity contribution in [3.63, 3.8) is 0 Å². The second-order valence-corrected chi connectivity index (χ2v) is 6.51. The van der Waals surface area contributed by atoms with Crippen LogP contribution in [0.4, 0.5) is 0 Å². The van der Waals surface area contributed by atoms with Gasteiger partial charge in [0.1, 0.15) is 5.54 Å². The van der Waals surface area contributed by atoms with Crippen molar-refractivity contribution in [3.05, 3.63) is 0 Å². The van der Waals surface area contributed by atoms with Crippen LogP contribution in [0.5, 0.6) is 0 Å². The zero-order valence-electron chi connectivity index (χ0n) is 11.9. The van der Waals surface area contributed by atoms with Gasteiger partial charge in [-0.2, -0.15) is 11.8 Å². The highest BCUT2D eigenvalue weighted by Crippen LogP contribution is 2.34. The maximum Gasteiger partial charge on any atom is 0.248 e. The summed E-state index contributed by atoms with van der Waals surface area (Å²) in [6.07, 6.45) is 7.17. The number of carbonyl (C=O) groups excluding carboxylic acids is 2. The predicted molar refractivity (Wildman–Crippen MR) is 78.1 cm³/mol. The first-order valence-electron chi connectivity index (χ1n) is 7.24.